The number of unbranched alkanes of at least 4 members (excludes halogenated alkanes) is 1. The van der Waals surface area contributed by atoms with Gasteiger partial charge in [-0.05, 0) is 63.8 Å². The number of hydrogen-bond acceptors (Lipinski definition) is 6. The lowest BCUT2D eigenvalue weighted by atomic mass is 10.0. The van der Waals surface area contributed by atoms with Crippen LogP contribution in [0.1, 0.15) is 50.3 Å². The van der Waals surface area contributed by atoms with E-state index < -0.39 is 10.0 Å². The van der Waals surface area contributed by atoms with E-state index in [9.17, 15) is 8.42 Å². The van der Waals surface area contributed by atoms with Crippen LogP contribution >= 0.6 is 0 Å². The summed E-state index contributed by atoms with van der Waals surface area (Å²) in [5.74, 6) is 1.69. The lowest BCUT2D eigenvalue weighted by Crippen LogP contribution is -2.38. The molecule has 7 nitrogen and oxygen atoms in total. The molecular formula is C25H32N2O5S. The Morgan fingerprint density at radius 2 is 2.00 bits per heavy atom. The third-order valence-corrected chi connectivity index (χ3v) is 8.30. The van der Waals surface area contributed by atoms with Crippen molar-refractivity contribution < 1.29 is 22.6 Å². The number of para-hydroxylation sites is 1. The lowest BCUT2D eigenvalue weighted by molar-refractivity contribution is 0.152. The normalized spacial score (nSPS) is 25.0. The number of nitrogens with zero attached hydrogens (tertiary/aromatic N) is 1. The summed E-state index contributed by atoms with van der Waals surface area (Å²) in [6, 6.07) is 13.3. The smallest absolute Gasteiger partial charge is 0.245 e. The maximum atomic E-state index is 13.0. The molecule has 1 saturated heterocycles. The summed E-state index contributed by atoms with van der Waals surface area (Å²) in [6.45, 7) is 6.09. The molecule has 0 amide bonds. The minimum Gasteiger partial charge on any atom is -0.487 e. The van der Waals surface area contributed by atoms with Crippen molar-refractivity contribution in [3.8, 4) is 11.5 Å². The van der Waals surface area contributed by atoms with Gasteiger partial charge < -0.3 is 19.5 Å². The van der Waals surface area contributed by atoms with E-state index in [2.05, 4.69) is 11.4 Å². The van der Waals surface area contributed by atoms with Crippen molar-refractivity contribution in [2.75, 3.05) is 19.6 Å². The van der Waals surface area contributed by atoms with E-state index in [-0.39, 0.29) is 24.5 Å². The van der Waals surface area contributed by atoms with Crippen molar-refractivity contribution in [1.82, 2.24) is 9.62 Å². The summed E-state index contributed by atoms with van der Waals surface area (Å²) in [4.78, 5) is 0.386. The van der Waals surface area contributed by atoms with Gasteiger partial charge in [0, 0.05) is 18.7 Å². The Labute approximate surface area is 196 Å². The molecule has 3 atom stereocenters. The van der Waals surface area contributed by atoms with Crippen LogP contribution in [0.4, 0.5) is 0 Å². The van der Waals surface area contributed by atoms with E-state index in [4.69, 9.17) is 14.2 Å². The van der Waals surface area contributed by atoms with E-state index >= 15 is 0 Å². The average molecular weight is 473 g/mol. The number of epoxide rings is 1. The van der Waals surface area contributed by atoms with Crippen LogP contribution in [0.3, 0.4) is 0 Å². The second kappa shape index (κ2) is 9.25. The second-order valence-electron chi connectivity index (χ2n) is 9.20. The molecule has 0 bridgehead atoms. The molecule has 0 spiro atoms. The van der Waals surface area contributed by atoms with Crippen molar-refractivity contribution in [2.45, 2.75) is 69.0 Å². The molecule has 1 fully saturated rings. The summed E-state index contributed by atoms with van der Waals surface area (Å²) < 4.78 is 45.3. The SMILES string of the molecule is CC(C)Oc1cccc2c1O[C@@H](CNCCCCN1C3OC3c3ccccc3S1(=O)=O)CC2. The first-order valence-electron chi connectivity index (χ1n) is 11.9. The van der Waals surface area contributed by atoms with Crippen LogP contribution in [-0.4, -0.2) is 50.8 Å². The Morgan fingerprint density at radius 3 is 2.85 bits per heavy atom. The third-order valence-electron chi connectivity index (χ3n) is 6.36. The number of benzene rings is 2. The van der Waals surface area contributed by atoms with E-state index in [1.165, 1.54) is 9.87 Å². The quantitative estimate of drug-likeness (QED) is 0.443. The second-order valence-corrected chi connectivity index (χ2v) is 11.1. The molecule has 2 aromatic rings. The summed E-state index contributed by atoms with van der Waals surface area (Å²) in [5.41, 5.74) is 1.99. The zero-order chi connectivity index (χ0) is 23.0. The highest BCUT2D eigenvalue weighted by atomic mass is 32.2. The van der Waals surface area contributed by atoms with Crippen LogP contribution in [0, 0.1) is 0 Å². The van der Waals surface area contributed by atoms with Gasteiger partial charge in [-0.25, -0.2) is 8.42 Å². The molecule has 0 saturated carbocycles. The molecule has 0 aliphatic carbocycles. The first-order valence-corrected chi connectivity index (χ1v) is 13.3. The van der Waals surface area contributed by atoms with Crippen LogP contribution in [0.25, 0.3) is 0 Å². The number of fused-ring (bicyclic) bond motifs is 4. The maximum Gasteiger partial charge on any atom is 0.245 e. The van der Waals surface area contributed by atoms with Crippen molar-refractivity contribution in [3.05, 3.63) is 53.6 Å². The fourth-order valence-electron chi connectivity index (χ4n) is 4.72. The van der Waals surface area contributed by atoms with Gasteiger partial charge >= 0.3 is 0 Å². The molecule has 1 N–H and O–H groups in total. The van der Waals surface area contributed by atoms with E-state index in [0.717, 1.165) is 55.8 Å². The summed E-state index contributed by atoms with van der Waals surface area (Å²) >= 11 is 0. The maximum absolute atomic E-state index is 13.0. The Hall–Kier alpha value is -2.13. The van der Waals surface area contributed by atoms with Crippen LogP contribution in [0.2, 0.25) is 0 Å². The zero-order valence-corrected chi connectivity index (χ0v) is 20.0. The van der Waals surface area contributed by atoms with Crippen molar-refractivity contribution in [1.29, 1.82) is 0 Å². The molecule has 2 aromatic carbocycles. The number of rotatable bonds is 9. The molecule has 3 heterocycles. The highest BCUT2D eigenvalue weighted by Gasteiger charge is 2.55. The van der Waals surface area contributed by atoms with Gasteiger partial charge in [-0.1, -0.05) is 30.3 Å². The fraction of sp³-hybridized carbons (Fsp3) is 0.520. The van der Waals surface area contributed by atoms with Crippen LogP contribution in [-0.2, 0) is 21.2 Å². The topological polar surface area (TPSA) is 80.4 Å². The molecular weight excluding hydrogens is 440 g/mol. The minimum atomic E-state index is -3.49. The van der Waals surface area contributed by atoms with Gasteiger partial charge in [0.1, 0.15) is 12.2 Å². The third kappa shape index (κ3) is 4.62. The first-order chi connectivity index (χ1) is 15.9. The summed E-state index contributed by atoms with van der Waals surface area (Å²) in [6.07, 6.45) is 3.37. The molecule has 33 heavy (non-hydrogen) atoms. The lowest BCUT2D eigenvalue weighted by Gasteiger charge is -2.28. The molecule has 8 heteroatoms. The largest absolute Gasteiger partial charge is 0.487 e. The van der Waals surface area contributed by atoms with Crippen molar-refractivity contribution in [3.63, 3.8) is 0 Å². The first kappa shape index (κ1) is 22.7. The Balaban J connectivity index is 1.07. The molecule has 178 valence electrons. The molecule has 2 unspecified atom stereocenters. The Kier molecular flexibility index (Phi) is 6.35. The molecule has 3 aliphatic rings. The highest BCUT2D eigenvalue weighted by Crippen LogP contribution is 2.49. The van der Waals surface area contributed by atoms with Gasteiger partial charge in [0.2, 0.25) is 10.0 Å². The Bertz CT molecular complexity index is 1100. The summed E-state index contributed by atoms with van der Waals surface area (Å²) in [5, 5.41) is 3.48. The molecule has 3 aliphatic heterocycles. The number of aryl methyl sites for hydroxylation is 1. The minimum absolute atomic E-state index is 0.104. The zero-order valence-electron chi connectivity index (χ0n) is 19.2. The van der Waals surface area contributed by atoms with E-state index in [0.29, 0.717) is 11.4 Å². The van der Waals surface area contributed by atoms with Crippen molar-refractivity contribution in [2.24, 2.45) is 0 Å². The molecule has 0 aromatic heterocycles. The Morgan fingerprint density at radius 1 is 1.15 bits per heavy atom. The van der Waals surface area contributed by atoms with Gasteiger partial charge in [0.25, 0.3) is 0 Å². The van der Waals surface area contributed by atoms with Gasteiger partial charge in [-0.2, -0.15) is 4.31 Å². The van der Waals surface area contributed by atoms with Gasteiger partial charge in [-0.3, -0.25) is 0 Å². The predicted molar refractivity (Wildman–Crippen MR) is 125 cm³/mol. The monoisotopic (exact) mass is 472 g/mol. The van der Waals surface area contributed by atoms with Crippen molar-refractivity contribution >= 4 is 10.0 Å². The van der Waals surface area contributed by atoms with Gasteiger partial charge in [0.05, 0.1) is 11.0 Å². The summed E-state index contributed by atoms with van der Waals surface area (Å²) in [7, 11) is -3.49. The average Bonchev–Trinajstić information content (AvgIpc) is 3.58. The predicted octanol–water partition coefficient (Wildman–Crippen LogP) is 3.64. The standard InChI is InChI=1S/C25H32N2O5S/c1-17(2)30-21-10-7-8-18-12-13-19(31-23(18)21)16-26-14-5-6-15-27-25-24(32-25)20-9-3-4-11-22(20)33(27,28)29/h3-4,7-11,17,19,24-26H,5-6,12-16H2,1-2H3/t19-,24?,25?/m1/s1. The van der Waals surface area contributed by atoms with E-state index in [1.54, 1.807) is 12.1 Å². The van der Waals surface area contributed by atoms with Gasteiger partial charge in [0.15, 0.2) is 17.7 Å². The number of nitrogens with one attached hydrogen (secondary N) is 1. The highest BCUT2D eigenvalue weighted by molar-refractivity contribution is 7.89. The van der Waals surface area contributed by atoms with Crippen LogP contribution < -0.4 is 14.8 Å². The van der Waals surface area contributed by atoms with Crippen LogP contribution in [0.15, 0.2) is 47.4 Å². The van der Waals surface area contributed by atoms with E-state index in [1.807, 2.05) is 38.1 Å². The van der Waals surface area contributed by atoms with Crippen LogP contribution in [0.5, 0.6) is 11.5 Å². The molecule has 5 rings (SSSR count). The fourth-order valence-corrected chi connectivity index (χ4v) is 6.51. The number of ether oxygens (including phenoxy) is 3. The van der Waals surface area contributed by atoms with Gasteiger partial charge in [-0.15, -0.1) is 0 Å². The molecule has 0 radical (unpaired) electrons. The number of sulfonamides is 1. The number of hydrogen-bond donors (Lipinski definition) is 1.